The van der Waals surface area contributed by atoms with Crippen molar-refractivity contribution in [3.8, 4) is 0 Å². The van der Waals surface area contributed by atoms with Crippen molar-refractivity contribution in [2.24, 2.45) is 0 Å². The second-order valence-corrected chi connectivity index (χ2v) is 3.18. The molecule has 18 heavy (non-hydrogen) atoms. The van der Waals surface area contributed by atoms with Gasteiger partial charge in [0, 0.05) is 5.56 Å². The Kier molecular flexibility index (Phi) is 3.70. The topological polar surface area (TPSA) is 83.5 Å². The zero-order valence-corrected chi connectivity index (χ0v) is 8.62. The lowest BCUT2D eigenvalue weighted by molar-refractivity contribution is -0.167. The summed E-state index contributed by atoms with van der Waals surface area (Å²) in [6.45, 7) is 0. The van der Waals surface area contributed by atoms with Crippen LogP contribution in [0, 0.1) is 0 Å². The molecule has 1 amide bonds. The van der Waals surface area contributed by atoms with Crippen molar-refractivity contribution in [1.29, 1.82) is 0 Å². The normalized spacial score (nSPS) is 10.8. The van der Waals surface area contributed by atoms with Gasteiger partial charge in [-0.15, -0.1) is 0 Å². The van der Waals surface area contributed by atoms with E-state index in [1.54, 1.807) is 0 Å². The number of carboxylic acid groups (broad SMARTS) is 1. The third-order valence-corrected chi connectivity index (χ3v) is 1.93. The van der Waals surface area contributed by atoms with Crippen LogP contribution in [0.2, 0.25) is 0 Å². The summed E-state index contributed by atoms with van der Waals surface area (Å²) in [5, 5.41) is 10.1. The minimum atomic E-state index is -5.09. The number of carbonyl (C=O) groups excluding carboxylic acids is 2. The molecule has 0 aliphatic heterocycles. The first-order chi connectivity index (χ1) is 8.25. The summed E-state index contributed by atoms with van der Waals surface area (Å²) >= 11 is 0. The molecule has 1 aromatic carbocycles. The summed E-state index contributed by atoms with van der Waals surface area (Å²) in [6.07, 6.45) is -4.94. The molecule has 0 aliphatic rings. The van der Waals surface area contributed by atoms with Crippen molar-refractivity contribution in [2.45, 2.75) is 6.18 Å². The number of alkyl halides is 3. The van der Waals surface area contributed by atoms with Crippen LogP contribution in [0.1, 0.15) is 20.7 Å². The van der Waals surface area contributed by atoms with E-state index in [4.69, 9.17) is 5.11 Å². The molecule has 0 bridgehead atoms. The molecule has 96 valence electrons. The smallest absolute Gasteiger partial charge is 0.471 e. The lowest BCUT2D eigenvalue weighted by Crippen LogP contribution is -2.30. The number of rotatable bonds is 3. The fourth-order valence-electron chi connectivity index (χ4n) is 1.10. The highest BCUT2D eigenvalue weighted by Crippen LogP contribution is 2.21. The van der Waals surface area contributed by atoms with E-state index in [-0.39, 0.29) is 17.4 Å². The van der Waals surface area contributed by atoms with E-state index in [2.05, 4.69) is 0 Å². The Hall–Kier alpha value is -2.38. The SMILES string of the molecule is O=Cc1cc(C(=O)O)ccc1NC(=O)C(F)(F)F. The molecule has 0 saturated heterocycles. The molecule has 0 radical (unpaired) electrons. The van der Waals surface area contributed by atoms with Crippen molar-refractivity contribution in [1.82, 2.24) is 0 Å². The molecule has 2 N–H and O–H groups in total. The van der Waals surface area contributed by atoms with Gasteiger partial charge in [-0.05, 0) is 18.2 Å². The number of amides is 1. The van der Waals surface area contributed by atoms with Crippen molar-refractivity contribution in [3.05, 3.63) is 29.3 Å². The van der Waals surface area contributed by atoms with Crippen LogP contribution in [0.4, 0.5) is 18.9 Å². The standard InChI is InChI=1S/C10H6F3NO4/c11-10(12,13)9(18)14-7-2-1-5(8(16)17)3-6(7)4-15/h1-4H,(H,14,18)(H,16,17). The number of carboxylic acids is 1. The van der Waals surface area contributed by atoms with Crippen LogP contribution in [0.25, 0.3) is 0 Å². The Morgan fingerprint density at radius 3 is 2.33 bits per heavy atom. The first-order valence-corrected chi connectivity index (χ1v) is 4.46. The number of halogens is 3. The van der Waals surface area contributed by atoms with Gasteiger partial charge in [0.1, 0.15) is 0 Å². The van der Waals surface area contributed by atoms with Gasteiger partial charge in [0.05, 0.1) is 11.3 Å². The molecular weight excluding hydrogens is 255 g/mol. The van der Waals surface area contributed by atoms with E-state index >= 15 is 0 Å². The van der Waals surface area contributed by atoms with Crippen LogP contribution >= 0.6 is 0 Å². The average molecular weight is 261 g/mol. The third kappa shape index (κ3) is 3.06. The zero-order valence-electron chi connectivity index (χ0n) is 8.62. The first-order valence-electron chi connectivity index (χ1n) is 4.46. The van der Waals surface area contributed by atoms with E-state index in [1.165, 1.54) is 5.32 Å². The maximum Gasteiger partial charge on any atom is 0.471 e. The summed E-state index contributed by atoms with van der Waals surface area (Å²) in [6, 6.07) is 2.75. The maximum atomic E-state index is 12.0. The van der Waals surface area contributed by atoms with E-state index in [0.29, 0.717) is 0 Å². The molecule has 0 aromatic heterocycles. The van der Waals surface area contributed by atoms with Crippen molar-refractivity contribution in [3.63, 3.8) is 0 Å². The quantitative estimate of drug-likeness (QED) is 0.811. The number of hydrogen-bond donors (Lipinski definition) is 2. The van der Waals surface area contributed by atoms with E-state index in [1.807, 2.05) is 0 Å². The summed E-state index contributed by atoms with van der Waals surface area (Å²) in [5.74, 6) is -3.58. The number of carbonyl (C=O) groups is 3. The van der Waals surface area contributed by atoms with Gasteiger partial charge >= 0.3 is 18.1 Å². The van der Waals surface area contributed by atoms with Gasteiger partial charge in [-0.2, -0.15) is 13.2 Å². The highest BCUT2D eigenvalue weighted by molar-refractivity contribution is 6.00. The van der Waals surface area contributed by atoms with Gasteiger partial charge < -0.3 is 10.4 Å². The highest BCUT2D eigenvalue weighted by atomic mass is 19.4. The minimum absolute atomic E-state index is 0.151. The largest absolute Gasteiger partial charge is 0.478 e. The molecule has 1 aromatic rings. The Bertz CT molecular complexity index is 510. The number of aldehydes is 1. The number of anilines is 1. The number of hydrogen-bond acceptors (Lipinski definition) is 3. The molecule has 1 rings (SSSR count). The van der Waals surface area contributed by atoms with Crippen LogP contribution in [0.5, 0.6) is 0 Å². The second-order valence-electron chi connectivity index (χ2n) is 3.18. The average Bonchev–Trinajstić information content (AvgIpc) is 2.27. The summed E-state index contributed by atoms with van der Waals surface area (Å²) < 4.78 is 36.0. The van der Waals surface area contributed by atoms with Crippen molar-refractivity contribution in [2.75, 3.05) is 5.32 Å². The van der Waals surface area contributed by atoms with Gasteiger partial charge in [0.15, 0.2) is 6.29 Å². The molecule has 0 atom stereocenters. The lowest BCUT2D eigenvalue weighted by atomic mass is 10.1. The molecule has 0 unspecified atom stereocenters. The minimum Gasteiger partial charge on any atom is -0.478 e. The van der Waals surface area contributed by atoms with Gasteiger partial charge in [0.25, 0.3) is 0 Å². The molecule has 8 heteroatoms. The van der Waals surface area contributed by atoms with Crippen molar-refractivity contribution < 1.29 is 32.7 Å². The van der Waals surface area contributed by atoms with Gasteiger partial charge in [-0.1, -0.05) is 0 Å². The van der Waals surface area contributed by atoms with E-state index < -0.39 is 23.7 Å². The Morgan fingerprint density at radius 2 is 1.89 bits per heavy atom. The summed E-state index contributed by atoms with van der Waals surface area (Å²) in [7, 11) is 0. The molecule has 0 fully saturated rings. The molecule has 0 saturated carbocycles. The van der Waals surface area contributed by atoms with Gasteiger partial charge in [-0.25, -0.2) is 4.79 Å². The summed E-state index contributed by atoms with van der Waals surface area (Å²) in [5.41, 5.74) is -1.04. The fraction of sp³-hybridized carbons (Fsp3) is 0.100. The van der Waals surface area contributed by atoms with Crippen LogP contribution in [0.3, 0.4) is 0 Å². The van der Waals surface area contributed by atoms with Crippen LogP contribution in [0.15, 0.2) is 18.2 Å². The molecule has 0 aliphatic carbocycles. The summed E-state index contributed by atoms with van der Waals surface area (Å²) in [4.78, 5) is 31.8. The van der Waals surface area contributed by atoms with Crippen molar-refractivity contribution >= 4 is 23.9 Å². The van der Waals surface area contributed by atoms with Crippen LogP contribution in [-0.2, 0) is 4.79 Å². The van der Waals surface area contributed by atoms with Crippen LogP contribution < -0.4 is 5.32 Å². The third-order valence-electron chi connectivity index (χ3n) is 1.93. The predicted molar refractivity (Wildman–Crippen MR) is 53.5 cm³/mol. The first kappa shape index (κ1) is 13.7. The number of nitrogens with one attached hydrogen (secondary N) is 1. The zero-order chi connectivity index (χ0) is 13.9. The van der Waals surface area contributed by atoms with Gasteiger partial charge in [-0.3, -0.25) is 9.59 Å². The molecule has 5 nitrogen and oxygen atoms in total. The predicted octanol–water partition coefficient (Wildman–Crippen LogP) is 1.70. The van der Waals surface area contributed by atoms with Crippen LogP contribution in [-0.4, -0.2) is 29.4 Å². The Balaban J connectivity index is 3.07. The Morgan fingerprint density at radius 1 is 1.28 bits per heavy atom. The monoisotopic (exact) mass is 261 g/mol. The second kappa shape index (κ2) is 4.86. The molecule has 0 heterocycles. The fourth-order valence-corrected chi connectivity index (χ4v) is 1.10. The maximum absolute atomic E-state index is 12.0. The number of benzene rings is 1. The molecule has 0 spiro atoms. The highest BCUT2D eigenvalue weighted by Gasteiger charge is 2.38. The van der Waals surface area contributed by atoms with Gasteiger partial charge in [0.2, 0.25) is 0 Å². The van der Waals surface area contributed by atoms with E-state index in [0.717, 1.165) is 18.2 Å². The van der Waals surface area contributed by atoms with E-state index in [9.17, 15) is 27.6 Å². The molecular formula is C10H6F3NO4. The lowest BCUT2D eigenvalue weighted by Gasteiger charge is -2.10. The number of aromatic carboxylic acids is 1. The Labute approximate surface area is 98.2 Å².